The van der Waals surface area contributed by atoms with Gasteiger partial charge in [0.05, 0.1) is 6.61 Å². The highest BCUT2D eigenvalue weighted by atomic mass is 16.5. The summed E-state index contributed by atoms with van der Waals surface area (Å²) in [5.74, 6) is -2.30. The first-order chi connectivity index (χ1) is 11.9. The van der Waals surface area contributed by atoms with Crippen LogP contribution in [0.15, 0.2) is 48.5 Å². The fraction of sp³-hybridized carbons (Fsp3) is 0.118. The van der Waals surface area contributed by atoms with Crippen LogP contribution in [0.3, 0.4) is 0 Å². The number of hydrogen-bond acceptors (Lipinski definition) is 6. The number of para-hydroxylation sites is 2. The third kappa shape index (κ3) is 6.22. The van der Waals surface area contributed by atoms with Crippen molar-refractivity contribution in [1.82, 2.24) is 0 Å². The Labute approximate surface area is 143 Å². The van der Waals surface area contributed by atoms with Gasteiger partial charge in [0.15, 0.2) is 0 Å². The number of phenolic OH excluding ortho intramolecular Hbond substituents is 1. The summed E-state index contributed by atoms with van der Waals surface area (Å²) in [4.78, 5) is 32.4. The minimum absolute atomic E-state index is 0.0253. The molecule has 2 aromatic rings. The Balaban J connectivity index is 0.000000450. The molecule has 0 aliphatic rings. The molecule has 0 bridgehead atoms. The number of primary amides is 1. The maximum atomic E-state index is 11.8. The van der Waals surface area contributed by atoms with Crippen LogP contribution < -0.4 is 10.5 Å². The van der Waals surface area contributed by atoms with E-state index in [9.17, 15) is 19.5 Å². The van der Waals surface area contributed by atoms with Crippen LogP contribution >= 0.6 is 0 Å². The number of ether oxygens (including phenoxy) is 2. The first-order valence-corrected chi connectivity index (χ1v) is 7.11. The lowest BCUT2D eigenvalue weighted by Gasteiger charge is -2.07. The van der Waals surface area contributed by atoms with E-state index in [0.717, 1.165) is 0 Å². The predicted octanol–water partition coefficient (Wildman–Crippen LogP) is 2.41. The van der Waals surface area contributed by atoms with Gasteiger partial charge in [0.25, 0.3) is 0 Å². The van der Waals surface area contributed by atoms with E-state index in [1.165, 1.54) is 30.3 Å². The van der Waals surface area contributed by atoms with E-state index in [2.05, 4.69) is 10.5 Å². The first-order valence-electron chi connectivity index (χ1n) is 7.11. The molecule has 2 aromatic carbocycles. The van der Waals surface area contributed by atoms with E-state index in [0.29, 0.717) is 6.61 Å². The second-order valence-corrected chi connectivity index (χ2v) is 4.46. The molecule has 0 fully saturated rings. The zero-order chi connectivity index (χ0) is 18.8. The number of hydrogen-bond donors (Lipinski definition) is 3. The van der Waals surface area contributed by atoms with E-state index in [4.69, 9.17) is 9.84 Å². The number of nitrogens with two attached hydrogens (primary N) is 1. The van der Waals surface area contributed by atoms with Gasteiger partial charge in [-0.2, -0.15) is 0 Å². The van der Waals surface area contributed by atoms with Gasteiger partial charge < -0.3 is 25.4 Å². The smallest absolute Gasteiger partial charge is 0.404 e. The summed E-state index contributed by atoms with van der Waals surface area (Å²) in [6.45, 7) is 2.06. The lowest BCUT2D eigenvalue weighted by molar-refractivity contribution is 0.0681. The number of aromatic carboxylic acids is 1. The highest BCUT2D eigenvalue weighted by molar-refractivity contribution is 5.96. The van der Waals surface area contributed by atoms with Gasteiger partial charge in [-0.15, -0.1) is 0 Å². The fourth-order valence-electron chi connectivity index (χ4n) is 1.68. The highest BCUT2D eigenvalue weighted by Crippen LogP contribution is 2.22. The van der Waals surface area contributed by atoms with Crippen LogP contribution in [0.25, 0.3) is 0 Å². The number of carbonyl (C=O) groups excluding carboxylic acids is 2. The molecule has 0 atom stereocenters. The van der Waals surface area contributed by atoms with Crippen molar-refractivity contribution in [3.05, 3.63) is 59.7 Å². The average Bonchev–Trinajstić information content (AvgIpc) is 2.56. The van der Waals surface area contributed by atoms with Crippen LogP contribution in [-0.4, -0.2) is 34.9 Å². The largest absolute Gasteiger partial charge is 0.507 e. The molecule has 132 valence electrons. The second-order valence-electron chi connectivity index (χ2n) is 4.46. The minimum atomic E-state index is -1.19. The number of amides is 1. The Bertz CT molecular complexity index is 758. The summed E-state index contributed by atoms with van der Waals surface area (Å²) in [7, 11) is 0. The summed E-state index contributed by atoms with van der Waals surface area (Å²) in [5, 5.41) is 18.5. The van der Waals surface area contributed by atoms with Gasteiger partial charge in [0, 0.05) is 0 Å². The quantitative estimate of drug-likeness (QED) is 0.570. The van der Waals surface area contributed by atoms with Crippen molar-refractivity contribution < 1.29 is 34.1 Å². The van der Waals surface area contributed by atoms with Gasteiger partial charge in [-0.3, -0.25) is 0 Å². The Hall–Kier alpha value is -3.55. The summed E-state index contributed by atoms with van der Waals surface area (Å²) in [5.41, 5.74) is 4.40. The zero-order valence-corrected chi connectivity index (χ0v) is 13.3. The summed E-state index contributed by atoms with van der Waals surface area (Å²) in [6, 6.07) is 11.7. The van der Waals surface area contributed by atoms with Crippen molar-refractivity contribution >= 4 is 18.0 Å². The third-order valence-electron chi connectivity index (χ3n) is 2.73. The maximum absolute atomic E-state index is 11.8. The molecule has 0 saturated heterocycles. The Kier molecular flexibility index (Phi) is 7.45. The van der Waals surface area contributed by atoms with Crippen molar-refractivity contribution in [3.63, 3.8) is 0 Å². The molecule has 0 saturated carbocycles. The number of carbonyl (C=O) groups is 3. The fourth-order valence-corrected chi connectivity index (χ4v) is 1.68. The second kappa shape index (κ2) is 9.56. The van der Waals surface area contributed by atoms with Crippen molar-refractivity contribution in [2.45, 2.75) is 6.92 Å². The zero-order valence-electron chi connectivity index (χ0n) is 13.3. The van der Waals surface area contributed by atoms with Crippen LogP contribution in [-0.2, 0) is 4.74 Å². The predicted molar refractivity (Wildman–Crippen MR) is 87.7 cm³/mol. The number of carboxylic acids is 1. The van der Waals surface area contributed by atoms with Gasteiger partial charge in [-0.1, -0.05) is 24.3 Å². The van der Waals surface area contributed by atoms with Crippen LogP contribution in [0.1, 0.15) is 27.6 Å². The lowest BCUT2D eigenvalue weighted by atomic mass is 10.2. The Morgan fingerprint density at radius 1 is 1.00 bits per heavy atom. The Morgan fingerprint density at radius 3 is 2.04 bits per heavy atom. The molecule has 0 aliphatic carbocycles. The molecule has 0 radical (unpaired) electrons. The van der Waals surface area contributed by atoms with E-state index < -0.39 is 18.0 Å². The van der Waals surface area contributed by atoms with Gasteiger partial charge >= 0.3 is 18.0 Å². The third-order valence-corrected chi connectivity index (χ3v) is 2.73. The monoisotopic (exact) mass is 347 g/mol. The molecule has 0 aromatic heterocycles. The summed E-state index contributed by atoms with van der Waals surface area (Å²) in [6.07, 6.45) is -0.711. The van der Waals surface area contributed by atoms with Crippen LogP contribution in [0.5, 0.6) is 11.5 Å². The molecular formula is C17H17NO7. The molecule has 25 heavy (non-hydrogen) atoms. The molecular weight excluding hydrogens is 330 g/mol. The molecule has 0 heterocycles. The summed E-state index contributed by atoms with van der Waals surface area (Å²) < 4.78 is 9.17. The van der Waals surface area contributed by atoms with Crippen molar-refractivity contribution in [2.24, 2.45) is 5.73 Å². The molecule has 0 unspecified atom stereocenters. The van der Waals surface area contributed by atoms with Crippen molar-refractivity contribution in [3.8, 4) is 11.5 Å². The standard InChI is InChI=1S/C14H10O5.C3H7NO2/c15-11-7-3-1-5-9(11)14(18)19-12-8-4-2-6-10(12)13(16)17;1-2-6-3(4)5/h1-8,15H,(H,16,17);2H2,1H3,(H2,4,5). The SMILES string of the molecule is CCOC(N)=O.O=C(Oc1ccccc1C(=O)O)c1ccccc1O. The number of esters is 1. The van der Waals surface area contributed by atoms with Crippen LogP contribution in [0.2, 0.25) is 0 Å². The number of rotatable bonds is 4. The number of benzene rings is 2. The van der Waals surface area contributed by atoms with E-state index in [1.807, 2.05) is 0 Å². The van der Waals surface area contributed by atoms with E-state index >= 15 is 0 Å². The van der Waals surface area contributed by atoms with E-state index in [-0.39, 0.29) is 22.6 Å². The molecule has 0 spiro atoms. The molecule has 2 rings (SSSR count). The molecule has 0 aliphatic heterocycles. The normalized spacial score (nSPS) is 9.32. The average molecular weight is 347 g/mol. The number of phenols is 1. The van der Waals surface area contributed by atoms with Gasteiger partial charge in [0.1, 0.15) is 22.6 Å². The van der Waals surface area contributed by atoms with Gasteiger partial charge in [-0.05, 0) is 31.2 Å². The van der Waals surface area contributed by atoms with Gasteiger partial charge in [-0.25, -0.2) is 14.4 Å². The molecule has 8 nitrogen and oxygen atoms in total. The van der Waals surface area contributed by atoms with Crippen LogP contribution in [0.4, 0.5) is 4.79 Å². The first kappa shape index (κ1) is 19.5. The Morgan fingerprint density at radius 2 is 1.56 bits per heavy atom. The topological polar surface area (TPSA) is 136 Å². The van der Waals surface area contributed by atoms with Crippen molar-refractivity contribution in [2.75, 3.05) is 6.61 Å². The maximum Gasteiger partial charge on any atom is 0.404 e. The summed E-state index contributed by atoms with van der Waals surface area (Å²) >= 11 is 0. The highest BCUT2D eigenvalue weighted by Gasteiger charge is 2.17. The lowest BCUT2D eigenvalue weighted by Crippen LogP contribution is -2.11. The molecule has 1 amide bonds. The number of carboxylic acid groups (broad SMARTS) is 1. The number of aromatic hydroxyl groups is 1. The molecule has 4 N–H and O–H groups in total. The molecule has 8 heteroatoms. The van der Waals surface area contributed by atoms with Crippen LogP contribution in [0, 0.1) is 0 Å². The van der Waals surface area contributed by atoms with Crippen molar-refractivity contribution in [1.29, 1.82) is 0 Å². The van der Waals surface area contributed by atoms with E-state index in [1.54, 1.807) is 25.1 Å². The van der Waals surface area contributed by atoms with Gasteiger partial charge in [0.2, 0.25) is 0 Å². The minimum Gasteiger partial charge on any atom is -0.507 e.